The number of benzene rings is 4. The second-order valence-corrected chi connectivity index (χ2v) is 13.1. The van der Waals surface area contributed by atoms with Gasteiger partial charge in [0.15, 0.2) is 0 Å². The summed E-state index contributed by atoms with van der Waals surface area (Å²) in [4.78, 5) is 12.5. The fourth-order valence-corrected chi connectivity index (χ4v) is 5.76. The molecule has 46 heavy (non-hydrogen) atoms. The zero-order chi connectivity index (χ0) is 33.0. The summed E-state index contributed by atoms with van der Waals surface area (Å²) in [5.41, 5.74) is 0.757. The molecule has 0 aliphatic heterocycles. The number of amides is 2. The Morgan fingerprint density at radius 2 is 0.848 bits per heavy atom. The highest BCUT2D eigenvalue weighted by molar-refractivity contribution is 7.87. The van der Waals surface area contributed by atoms with Gasteiger partial charge in [0.1, 0.15) is 32.8 Å². The molecule has 11 nitrogen and oxygen atoms in total. The van der Waals surface area contributed by atoms with Crippen molar-refractivity contribution in [3.8, 4) is 23.0 Å². The molecule has 0 aromatic heterocycles. The largest absolute Gasteiger partial charge is 0.494 e. The maximum atomic E-state index is 12.7. The number of carbonyl (C=O) groups excluding carboxylic acids is 1. The number of nitrogens with one attached hydrogen (secondary N) is 2. The third-order valence-electron chi connectivity index (χ3n) is 6.39. The van der Waals surface area contributed by atoms with E-state index in [4.69, 9.17) is 17.8 Å². The van der Waals surface area contributed by atoms with Gasteiger partial charge in [-0.05, 0) is 110 Å². The van der Waals surface area contributed by atoms with Gasteiger partial charge in [-0.15, -0.1) is 0 Å². The van der Waals surface area contributed by atoms with Crippen LogP contribution in [0.15, 0.2) is 107 Å². The monoisotopic (exact) mass is 668 g/mol. The molecule has 4 aromatic carbocycles. The summed E-state index contributed by atoms with van der Waals surface area (Å²) in [6.07, 6.45) is 3.79. The zero-order valence-electron chi connectivity index (χ0n) is 25.5. The van der Waals surface area contributed by atoms with Crippen molar-refractivity contribution in [2.45, 2.75) is 49.3 Å². The Kier molecular flexibility index (Phi) is 11.9. The molecule has 0 spiro atoms. The van der Waals surface area contributed by atoms with Crippen LogP contribution in [-0.2, 0) is 20.2 Å². The van der Waals surface area contributed by atoms with E-state index in [-0.39, 0.29) is 21.3 Å². The van der Waals surface area contributed by atoms with Gasteiger partial charge in [-0.2, -0.15) is 16.8 Å². The molecule has 0 heterocycles. The number of ether oxygens (including phenoxy) is 2. The molecule has 4 aromatic rings. The van der Waals surface area contributed by atoms with Gasteiger partial charge in [0, 0.05) is 11.4 Å². The van der Waals surface area contributed by atoms with Crippen LogP contribution in [0.4, 0.5) is 16.2 Å². The Labute approximate surface area is 269 Å². The number of hydrogen-bond donors (Lipinski definition) is 2. The molecule has 0 aliphatic rings. The number of anilines is 2. The fourth-order valence-electron chi connectivity index (χ4n) is 3.90. The molecule has 4 rings (SSSR count). The summed E-state index contributed by atoms with van der Waals surface area (Å²) in [5, 5.41) is 5.26. The van der Waals surface area contributed by atoms with E-state index in [0.717, 1.165) is 25.7 Å². The van der Waals surface area contributed by atoms with E-state index < -0.39 is 26.3 Å². The zero-order valence-corrected chi connectivity index (χ0v) is 27.1. The maximum Gasteiger partial charge on any atom is 0.339 e. The first-order valence-electron chi connectivity index (χ1n) is 14.7. The summed E-state index contributed by atoms with van der Waals surface area (Å²) < 4.78 is 72.3. The molecular formula is C33H36N2O9S2. The van der Waals surface area contributed by atoms with Gasteiger partial charge in [-0.3, -0.25) is 0 Å². The van der Waals surface area contributed by atoms with Crippen molar-refractivity contribution >= 4 is 37.6 Å². The van der Waals surface area contributed by atoms with Gasteiger partial charge in [0.2, 0.25) is 0 Å². The summed E-state index contributed by atoms with van der Waals surface area (Å²) in [6, 6.07) is 23.0. The number of rotatable bonds is 16. The van der Waals surface area contributed by atoms with Crippen LogP contribution in [0.5, 0.6) is 23.0 Å². The molecule has 0 unspecified atom stereocenters. The standard InChI is InChI=1S/C33H36N2O9S2/c1-3-5-23-41-27-15-19-31(20-16-27)45(37,38)43-29-11-7-25(8-12-29)34-33(36)35-26-9-13-30(14-10-26)44-46(39,40)32-21-17-28(18-22-32)42-24-6-4-2/h7-22H,3-6,23-24H2,1-2H3,(H2,34,35,36). The second kappa shape index (κ2) is 16.0. The molecule has 0 bridgehead atoms. The normalized spacial score (nSPS) is 11.3. The minimum absolute atomic E-state index is 0.0205. The van der Waals surface area contributed by atoms with E-state index in [1.165, 1.54) is 72.8 Å². The Bertz CT molecular complexity index is 1640. The van der Waals surface area contributed by atoms with Crippen LogP contribution in [0, 0.1) is 0 Å². The minimum Gasteiger partial charge on any atom is -0.494 e. The first kappa shape index (κ1) is 34.1. The Hall–Kier alpha value is -4.75. The van der Waals surface area contributed by atoms with Crippen molar-refractivity contribution in [2.75, 3.05) is 23.8 Å². The van der Waals surface area contributed by atoms with E-state index >= 15 is 0 Å². The topological polar surface area (TPSA) is 146 Å². The summed E-state index contributed by atoms with van der Waals surface area (Å²) in [6.45, 7) is 5.21. The molecule has 244 valence electrons. The van der Waals surface area contributed by atoms with Gasteiger partial charge in [-0.1, -0.05) is 26.7 Å². The smallest absolute Gasteiger partial charge is 0.339 e. The van der Waals surface area contributed by atoms with Crippen LogP contribution in [0.25, 0.3) is 0 Å². The highest BCUT2D eigenvalue weighted by Crippen LogP contribution is 2.25. The van der Waals surface area contributed by atoms with Crippen LogP contribution < -0.4 is 28.5 Å². The molecular weight excluding hydrogens is 633 g/mol. The lowest BCUT2D eigenvalue weighted by Gasteiger charge is -2.11. The highest BCUT2D eigenvalue weighted by atomic mass is 32.2. The quantitative estimate of drug-likeness (QED) is 0.0933. The van der Waals surface area contributed by atoms with Crippen molar-refractivity contribution in [1.82, 2.24) is 0 Å². The number of hydrogen-bond acceptors (Lipinski definition) is 9. The number of unbranched alkanes of at least 4 members (excludes halogenated alkanes) is 2. The molecule has 0 aliphatic carbocycles. The van der Waals surface area contributed by atoms with Crippen LogP contribution in [0.2, 0.25) is 0 Å². The van der Waals surface area contributed by atoms with E-state index in [9.17, 15) is 21.6 Å². The fraction of sp³-hybridized carbons (Fsp3) is 0.242. The molecule has 13 heteroatoms. The summed E-state index contributed by atoms with van der Waals surface area (Å²) in [7, 11) is -8.15. The second-order valence-electron chi connectivity index (χ2n) is 10.0. The lowest BCUT2D eigenvalue weighted by atomic mass is 10.3. The van der Waals surface area contributed by atoms with E-state index in [1.54, 1.807) is 24.3 Å². The first-order chi connectivity index (χ1) is 22.1. The summed E-state index contributed by atoms with van der Waals surface area (Å²) in [5.74, 6) is 1.28. The predicted molar refractivity (Wildman–Crippen MR) is 175 cm³/mol. The van der Waals surface area contributed by atoms with Crippen molar-refractivity contribution < 1.29 is 39.5 Å². The van der Waals surface area contributed by atoms with Gasteiger partial charge >= 0.3 is 26.3 Å². The third kappa shape index (κ3) is 10.1. The molecule has 0 saturated carbocycles. The van der Waals surface area contributed by atoms with Gasteiger partial charge in [0.25, 0.3) is 0 Å². The van der Waals surface area contributed by atoms with Crippen molar-refractivity contribution in [3.05, 3.63) is 97.1 Å². The molecule has 0 atom stereocenters. The third-order valence-corrected chi connectivity index (χ3v) is 8.92. The van der Waals surface area contributed by atoms with E-state index in [2.05, 4.69) is 24.5 Å². The van der Waals surface area contributed by atoms with Crippen LogP contribution in [0.1, 0.15) is 39.5 Å². The van der Waals surface area contributed by atoms with Crippen LogP contribution >= 0.6 is 0 Å². The van der Waals surface area contributed by atoms with Gasteiger partial charge < -0.3 is 28.5 Å². The van der Waals surface area contributed by atoms with Crippen molar-refractivity contribution in [1.29, 1.82) is 0 Å². The first-order valence-corrected chi connectivity index (χ1v) is 17.5. The van der Waals surface area contributed by atoms with Crippen molar-refractivity contribution in [2.24, 2.45) is 0 Å². The van der Waals surface area contributed by atoms with Crippen molar-refractivity contribution in [3.63, 3.8) is 0 Å². The lowest BCUT2D eigenvalue weighted by Crippen LogP contribution is -2.19. The van der Waals surface area contributed by atoms with E-state index in [1.807, 2.05) is 0 Å². The van der Waals surface area contributed by atoms with Crippen LogP contribution in [0.3, 0.4) is 0 Å². The molecule has 0 radical (unpaired) electrons. The maximum absolute atomic E-state index is 12.7. The van der Waals surface area contributed by atoms with Crippen LogP contribution in [-0.4, -0.2) is 36.1 Å². The Morgan fingerprint density at radius 3 is 1.17 bits per heavy atom. The number of urea groups is 1. The Morgan fingerprint density at radius 1 is 0.522 bits per heavy atom. The molecule has 2 amide bonds. The van der Waals surface area contributed by atoms with E-state index in [0.29, 0.717) is 36.1 Å². The average molecular weight is 669 g/mol. The predicted octanol–water partition coefficient (Wildman–Crippen LogP) is 7.22. The van der Waals surface area contributed by atoms with Gasteiger partial charge in [-0.25, -0.2) is 4.79 Å². The minimum atomic E-state index is -4.08. The molecule has 0 fully saturated rings. The molecule has 0 saturated heterocycles. The highest BCUT2D eigenvalue weighted by Gasteiger charge is 2.18. The lowest BCUT2D eigenvalue weighted by molar-refractivity contribution is 0.262. The molecule has 2 N–H and O–H groups in total. The Balaban J connectivity index is 1.27. The summed E-state index contributed by atoms with van der Waals surface area (Å²) >= 11 is 0. The average Bonchev–Trinajstić information content (AvgIpc) is 3.03. The van der Waals surface area contributed by atoms with Gasteiger partial charge in [0.05, 0.1) is 13.2 Å². The number of carbonyl (C=O) groups is 1. The SMILES string of the molecule is CCCCOc1ccc(S(=O)(=O)Oc2ccc(NC(=O)Nc3ccc(OS(=O)(=O)c4ccc(OCCCC)cc4)cc3)cc2)cc1.